The number of carboxylic acid groups (broad SMARTS) is 1. The van der Waals surface area contributed by atoms with Gasteiger partial charge in [-0.2, -0.15) is 0 Å². The smallest absolute Gasteiger partial charge is 0.305 e. The minimum atomic E-state index is -0.761. The molecule has 0 unspecified atom stereocenters. The van der Waals surface area contributed by atoms with Crippen molar-refractivity contribution in [3.63, 3.8) is 0 Å². The molecule has 1 N–H and O–H groups in total. The number of benzene rings is 1. The molecule has 2 rings (SSSR count). The highest BCUT2D eigenvalue weighted by atomic mass is 16.4. The maximum absolute atomic E-state index is 10.7. The van der Waals surface area contributed by atoms with Crippen LogP contribution >= 0.6 is 0 Å². The molecule has 0 aliphatic heterocycles. The van der Waals surface area contributed by atoms with Crippen molar-refractivity contribution >= 4 is 11.7 Å². The Balaban J connectivity index is 2.02. The van der Waals surface area contributed by atoms with Crippen molar-refractivity contribution < 1.29 is 9.90 Å². The van der Waals surface area contributed by atoms with Crippen molar-refractivity contribution in [1.82, 2.24) is 4.98 Å². The lowest BCUT2D eigenvalue weighted by Crippen LogP contribution is -2.25. The van der Waals surface area contributed by atoms with Crippen molar-refractivity contribution in [2.24, 2.45) is 0 Å². The van der Waals surface area contributed by atoms with Crippen LogP contribution in [0.2, 0.25) is 0 Å². The van der Waals surface area contributed by atoms with Gasteiger partial charge in [0.05, 0.1) is 6.42 Å². The van der Waals surface area contributed by atoms with Crippen LogP contribution in [0.5, 0.6) is 0 Å². The Kier molecular flexibility index (Phi) is 5.32. The van der Waals surface area contributed by atoms with Crippen LogP contribution in [0.1, 0.15) is 24.5 Å². The lowest BCUT2D eigenvalue weighted by molar-refractivity contribution is -0.136. The van der Waals surface area contributed by atoms with Gasteiger partial charge >= 0.3 is 5.97 Å². The van der Waals surface area contributed by atoms with Gasteiger partial charge in [0.2, 0.25) is 0 Å². The second kappa shape index (κ2) is 7.43. The molecule has 0 aliphatic carbocycles. The van der Waals surface area contributed by atoms with Gasteiger partial charge in [-0.3, -0.25) is 9.78 Å². The molecule has 0 radical (unpaired) electrons. The van der Waals surface area contributed by atoms with E-state index in [2.05, 4.69) is 34.1 Å². The van der Waals surface area contributed by atoms with E-state index >= 15 is 0 Å². The Labute approximate surface area is 125 Å². The zero-order valence-electron chi connectivity index (χ0n) is 12.2. The summed E-state index contributed by atoms with van der Waals surface area (Å²) in [7, 11) is 0. The first-order chi connectivity index (χ1) is 10.2. The van der Waals surface area contributed by atoms with Gasteiger partial charge in [-0.25, -0.2) is 0 Å². The normalized spacial score (nSPS) is 10.3. The van der Waals surface area contributed by atoms with Crippen LogP contribution in [0.3, 0.4) is 0 Å². The van der Waals surface area contributed by atoms with Crippen LogP contribution in [0.15, 0.2) is 48.8 Å². The van der Waals surface area contributed by atoms with Crippen LogP contribution in [0.4, 0.5) is 5.69 Å². The molecule has 0 atom stereocenters. The molecule has 0 spiro atoms. The number of carbonyl (C=O) groups is 1. The van der Waals surface area contributed by atoms with Crippen LogP contribution in [0, 0.1) is 0 Å². The number of hydrogen-bond acceptors (Lipinski definition) is 3. The molecule has 21 heavy (non-hydrogen) atoms. The lowest BCUT2D eigenvalue weighted by Gasteiger charge is -2.22. The third kappa shape index (κ3) is 4.60. The van der Waals surface area contributed by atoms with Crippen LogP contribution in [-0.4, -0.2) is 29.1 Å². The summed E-state index contributed by atoms with van der Waals surface area (Å²) in [6.07, 6.45) is 4.64. The summed E-state index contributed by atoms with van der Waals surface area (Å²) in [4.78, 5) is 16.8. The quantitative estimate of drug-likeness (QED) is 0.849. The molecule has 4 heteroatoms. The fourth-order valence-corrected chi connectivity index (χ4v) is 2.26. The molecule has 1 aromatic heterocycles. The first-order valence-electron chi connectivity index (χ1n) is 7.13. The van der Waals surface area contributed by atoms with E-state index < -0.39 is 5.97 Å². The zero-order chi connectivity index (χ0) is 15.1. The molecule has 0 bridgehead atoms. The molecule has 0 amide bonds. The number of aliphatic carboxylic acids is 1. The van der Waals surface area contributed by atoms with Gasteiger partial charge in [0, 0.05) is 31.2 Å². The number of aromatic nitrogens is 1. The summed E-state index contributed by atoms with van der Waals surface area (Å²) < 4.78 is 0. The van der Waals surface area contributed by atoms with E-state index in [1.165, 1.54) is 11.1 Å². The first-order valence-corrected chi connectivity index (χ1v) is 7.13. The topological polar surface area (TPSA) is 53.4 Å². The van der Waals surface area contributed by atoms with Gasteiger partial charge in [0.1, 0.15) is 0 Å². The van der Waals surface area contributed by atoms with E-state index in [9.17, 15) is 4.79 Å². The van der Waals surface area contributed by atoms with E-state index in [0.717, 1.165) is 18.7 Å². The fourth-order valence-electron chi connectivity index (χ4n) is 2.26. The Morgan fingerprint density at radius 3 is 2.29 bits per heavy atom. The molecule has 1 aromatic carbocycles. The molecule has 0 fully saturated rings. The SMILES string of the molecule is CCN(CCC(=O)O)c1ccc(Cc2ccncc2)cc1. The summed E-state index contributed by atoms with van der Waals surface area (Å²) in [6.45, 7) is 3.37. The van der Waals surface area contributed by atoms with E-state index in [4.69, 9.17) is 5.11 Å². The van der Waals surface area contributed by atoms with Crippen molar-refractivity contribution in [2.45, 2.75) is 19.8 Å². The summed E-state index contributed by atoms with van der Waals surface area (Å²) in [5, 5.41) is 8.78. The monoisotopic (exact) mass is 284 g/mol. The first kappa shape index (κ1) is 15.0. The third-order valence-electron chi connectivity index (χ3n) is 3.44. The van der Waals surface area contributed by atoms with Crippen molar-refractivity contribution in [2.75, 3.05) is 18.0 Å². The number of anilines is 1. The van der Waals surface area contributed by atoms with E-state index in [-0.39, 0.29) is 6.42 Å². The summed E-state index contributed by atoms with van der Waals surface area (Å²) in [5.74, 6) is -0.761. The molecular formula is C17H20N2O2. The average Bonchev–Trinajstić information content (AvgIpc) is 2.50. The van der Waals surface area contributed by atoms with Crippen molar-refractivity contribution in [1.29, 1.82) is 0 Å². The molecule has 1 heterocycles. The number of rotatable bonds is 7. The second-order valence-corrected chi connectivity index (χ2v) is 4.92. The number of carboxylic acids is 1. The molecule has 2 aromatic rings. The molecule has 0 aliphatic rings. The Bertz CT molecular complexity index is 567. The largest absolute Gasteiger partial charge is 0.481 e. The van der Waals surface area contributed by atoms with Gasteiger partial charge in [0.25, 0.3) is 0 Å². The van der Waals surface area contributed by atoms with Gasteiger partial charge in [-0.1, -0.05) is 12.1 Å². The Hall–Kier alpha value is -2.36. The van der Waals surface area contributed by atoms with Gasteiger partial charge in [-0.05, 0) is 48.7 Å². The second-order valence-electron chi connectivity index (χ2n) is 4.92. The third-order valence-corrected chi connectivity index (χ3v) is 3.44. The molecular weight excluding hydrogens is 264 g/mol. The highest BCUT2D eigenvalue weighted by Crippen LogP contribution is 2.17. The molecule has 0 saturated carbocycles. The van der Waals surface area contributed by atoms with Crippen LogP contribution in [-0.2, 0) is 11.2 Å². The summed E-state index contributed by atoms with van der Waals surface area (Å²) >= 11 is 0. The zero-order valence-corrected chi connectivity index (χ0v) is 12.2. The minimum absolute atomic E-state index is 0.159. The average molecular weight is 284 g/mol. The van der Waals surface area contributed by atoms with Crippen molar-refractivity contribution in [3.05, 3.63) is 59.9 Å². The fraction of sp³-hybridized carbons (Fsp3) is 0.294. The molecule has 110 valence electrons. The summed E-state index contributed by atoms with van der Waals surface area (Å²) in [6, 6.07) is 12.3. The Morgan fingerprint density at radius 2 is 1.71 bits per heavy atom. The highest BCUT2D eigenvalue weighted by molar-refractivity contribution is 5.67. The highest BCUT2D eigenvalue weighted by Gasteiger charge is 2.06. The predicted molar refractivity (Wildman–Crippen MR) is 83.6 cm³/mol. The van der Waals surface area contributed by atoms with Gasteiger partial charge < -0.3 is 10.0 Å². The van der Waals surface area contributed by atoms with Gasteiger partial charge in [-0.15, -0.1) is 0 Å². The number of pyridine rings is 1. The Morgan fingerprint density at radius 1 is 1.10 bits per heavy atom. The maximum Gasteiger partial charge on any atom is 0.305 e. The lowest BCUT2D eigenvalue weighted by atomic mass is 10.1. The van der Waals surface area contributed by atoms with Crippen LogP contribution in [0.25, 0.3) is 0 Å². The van der Waals surface area contributed by atoms with Gasteiger partial charge in [0.15, 0.2) is 0 Å². The van der Waals surface area contributed by atoms with E-state index in [1.54, 1.807) is 12.4 Å². The number of nitrogens with zero attached hydrogens (tertiary/aromatic N) is 2. The van der Waals surface area contributed by atoms with E-state index in [0.29, 0.717) is 6.54 Å². The maximum atomic E-state index is 10.7. The molecule has 4 nitrogen and oxygen atoms in total. The number of hydrogen-bond donors (Lipinski definition) is 1. The van der Waals surface area contributed by atoms with Crippen molar-refractivity contribution in [3.8, 4) is 0 Å². The minimum Gasteiger partial charge on any atom is -0.481 e. The van der Waals surface area contributed by atoms with Crippen LogP contribution < -0.4 is 4.90 Å². The predicted octanol–water partition coefficient (Wildman–Crippen LogP) is 2.97. The van der Waals surface area contributed by atoms with E-state index in [1.807, 2.05) is 19.1 Å². The standard InChI is InChI=1S/C17H20N2O2/c1-2-19(12-9-17(20)21)16-5-3-14(4-6-16)13-15-7-10-18-11-8-15/h3-8,10-11H,2,9,12-13H2,1H3,(H,20,21). The summed E-state index contributed by atoms with van der Waals surface area (Å²) in [5.41, 5.74) is 3.53. The molecule has 0 saturated heterocycles.